The number of carbonyl (C=O) groups excluding carboxylic acids is 1. The van der Waals surface area contributed by atoms with Crippen LogP contribution in [0.4, 0.5) is 0 Å². The fourth-order valence-corrected chi connectivity index (χ4v) is 4.17. The average molecular weight is 468 g/mol. The number of Topliss-reactive ketones (excluding diaryl/α,β-unsaturated/α-hetero) is 1. The third-order valence-corrected chi connectivity index (χ3v) is 5.89. The molecule has 2 nitrogen and oxygen atoms in total. The Kier molecular flexibility index (Phi) is 4.81. The lowest BCUT2D eigenvalue weighted by Gasteiger charge is -2.29. The minimum Gasteiger partial charge on any atom is -0.484 e. The third kappa shape index (κ3) is 3.41. The van der Waals surface area contributed by atoms with Crippen molar-refractivity contribution < 1.29 is 9.53 Å². The van der Waals surface area contributed by atoms with Crippen molar-refractivity contribution in [2.24, 2.45) is 0 Å². The summed E-state index contributed by atoms with van der Waals surface area (Å²) in [5.74, 6) is 0.890. The molecule has 3 heteroatoms. The van der Waals surface area contributed by atoms with E-state index in [2.05, 4.69) is 91.0 Å². The standard InChI is InChI=1S/C24H21IO2/c1-14-4-6-17(7-5-14)21-13-20(26)23-16(3)12-15(2)22(24(23)27-21)18-8-10-19(25)11-9-18/h4-12,21H,13H2,1-3H3. The fourth-order valence-electron chi connectivity index (χ4n) is 3.81. The zero-order valence-corrected chi connectivity index (χ0v) is 17.8. The summed E-state index contributed by atoms with van der Waals surface area (Å²) in [6, 6.07) is 18.7. The van der Waals surface area contributed by atoms with Crippen molar-refractivity contribution in [3.8, 4) is 16.9 Å². The molecule has 0 saturated carbocycles. The molecule has 4 rings (SSSR count). The molecule has 1 aliphatic rings. The van der Waals surface area contributed by atoms with Crippen LogP contribution >= 0.6 is 22.6 Å². The van der Waals surface area contributed by atoms with Gasteiger partial charge in [-0.1, -0.05) is 48.0 Å². The number of hydrogen-bond acceptors (Lipinski definition) is 2. The fraction of sp³-hybridized carbons (Fsp3) is 0.208. The maximum atomic E-state index is 13.0. The Balaban J connectivity index is 1.87. The molecule has 0 aromatic heterocycles. The van der Waals surface area contributed by atoms with Crippen molar-refractivity contribution in [1.29, 1.82) is 0 Å². The maximum absolute atomic E-state index is 13.0. The highest BCUT2D eigenvalue weighted by Crippen LogP contribution is 2.44. The Bertz CT molecular complexity index is 1020. The minimum atomic E-state index is -0.241. The van der Waals surface area contributed by atoms with E-state index in [0.29, 0.717) is 6.42 Å². The zero-order chi connectivity index (χ0) is 19.1. The van der Waals surface area contributed by atoms with Crippen LogP contribution < -0.4 is 4.74 Å². The Labute approximate surface area is 173 Å². The second-order valence-corrected chi connectivity index (χ2v) is 8.49. The van der Waals surface area contributed by atoms with Crippen molar-refractivity contribution in [2.75, 3.05) is 0 Å². The van der Waals surface area contributed by atoms with Gasteiger partial charge in [0.25, 0.3) is 0 Å². The summed E-state index contributed by atoms with van der Waals surface area (Å²) in [6.45, 7) is 6.15. The van der Waals surface area contributed by atoms with E-state index in [9.17, 15) is 4.79 Å². The topological polar surface area (TPSA) is 26.3 Å². The second-order valence-electron chi connectivity index (χ2n) is 7.24. The number of halogens is 1. The predicted octanol–water partition coefficient (Wildman–Crippen LogP) is 6.59. The summed E-state index contributed by atoms with van der Waals surface area (Å²) in [5.41, 5.74) is 7.21. The van der Waals surface area contributed by atoms with E-state index in [1.165, 1.54) is 9.13 Å². The van der Waals surface area contributed by atoms with Crippen molar-refractivity contribution in [3.63, 3.8) is 0 Å². The van der Waals surface area contributed by atoms with Crippen molar-refractivity contribution in [1.82, 2.24) is 0 Å². The first-order valence-electron chi connectivity index (χ1n) is 9.10. The molecule has 3 aromatic rings. The van der Waals surface area contributed by atoms with Gasteiger partial charge in [0.1, 0.15) is 11.9 Å². The van der Waals surface area contributed by atoms with Crippen LogP contribution in [0, 0.1) is 24.3 Å². The van der Waals surface area contributed by atoms with E-state index in [4.69, 9.17) is 4.74 Å². The lowest BCUT2D eigenvalue weighted by molar-refractivity contribution is 0.0850. The van der Waals surface area contributed by atoms with Crippen molar-refractivity contribution >= 4 is 28.4 Å². The van der Waals surface area contributed by atoms with Gasteiger partial charge in [-0.3, -0.25) is 4.79 Å². The van der Waals surface area contributed by atoms with Gasteiger partial charge in [0.15, 0.2) is 5.78 Å². The van der Waals surface area contributed by atoms with Gasteiger partial charge in [0.05, 0.1) is 12.0 Å². The highest BCUT2D eigenvalue weighted by Gasteiger charge is 2.32. The van der Waals surface area contributed by atoms with Crippen LogP contribution in [-0.2, 0) is 0 Å². The Morgan fingerprint density at radius 3 is 2.19 bits per heavy atom. The molecule has 0 radical (unpaired) electrons. The minimum absolute atomic E-state index is 0.158. The molecule has 1 unspecified atom stereocenters. The Morgan fingerprint density at radius 1 is 0.889 bits per heavy atom. The Morgan fingerprint density at radius 2 is 1.52 bits per heavy atom. The van der Waals surface area contributed by atoms with Crippen LogP contribution in [0.15, 0.2) is 54.6 Å². The number of aryl methyl sites for hydroxylation is 3. The average Bonchev–Trinajstić information content (AvgIpc) is 2.63. The number of fused-ring (bicyclic) bond motifs is 1. The summed E-state index contributed by atoms with van der Waals surface area (Å²) in [6.07, 6.45) is 0.140. The highest BCUT2D eigenvalue weighted by molar-refractivity contribution is 14.1. The van der Waals surface area contributed by atoms with Gasteiger partial charge in [-0.2, -0.15) is 0 Å². The molecule has 0 fully saturated rings. The second kappa shape index (κ2) is 7.12. The molecular weight excluding hydrogens is 447 g/mol. The number of carbonyl (C=O) groups is 1. The molecule has 0 saturated heterocycles. The van der Waals surface area contributed by atoms with Gasteiger partial charge < -0.3 is 4.74 Å². The van der Waals surface area contributed by atoms with Crippen LogP contribution in [0.25, 0.3) is 11.1 Å². The first-order chi connectivity index (χ1) is 12.9. The molecule has 1 aliphatic heterocycles. The van der Waals surface area contributed by atoms with Gasteiger partial charge in [0.2, 0.25) is 0 Å². The Hall–Kier alpha value is -2.14. The normalized spacial score (nSPS) is 16.0. The molecule has 0 amide bonds. The lowest BCUT2D eigenvalue weighted by Crippen LogP contribution is -2.22. The van der Waals surface area contributed by atoms with E-state index < -0.39 is 0 Å². The summed E-state index contributed by atoms with van der Waals surface area (Å²) in [4.78, 5) is 13.0. The SMILES string of the molecule is Cc1ccc(C2CC(=O)c3c(C)cc(C)c(-c4ccc(I)cc4)c3O2)cc1. The number of ether oxygens (including phenoxy) is 1. The lowest BCUT2D eigenvalue weighted by atomic mass is 9.87. The molecule has 1 heterocycles. The van der Waals surface area contributed by atoms with Crippen LogP contribution in [0.2, 0.25) is 0 Å². The molecule has 27 heavy (non-hydrogen) atoms. The first kappa shape index (κ1) is 18.2. The zero-order valence-electron chi connectivity index (χ0n) is 15.7. The monoisotopic (exact) mass is 468 g/mol. The van der Waals surface area contributed by atoms with Crippen molar-refractivity contribution in [3.05, 3.63) is 86.0 Å². The van der Waals surface area contributed by atoms with E-state index in [1.54, 1.807) is 0 Å². The quantitative estimate of drug-likeness (QED) is 0.397. The molecule has 0 N–H and O–H groups in total. The van der Waals surface area contributed by atoms with Gasteiger partial charge >= 0.3 is 0 Å². The molecule has 136 valence electrons. The predicted molar refractivity (Wildman–Crippen MR) is 118 cm³/mol. The van der Waals surface area contributed by atoms with E-state index in [-0.39, 0.29) is 11.9 Å². The maximum Gasteiger partial charge on any atom is 0.170 e. The number of benzene rings is 3. The van der Waals surface area contributed by atoms with E-state index in [1.807, 2.05) is 6.92 Å². The number of hydrogen-bond donors (Lipinski definition) is 0. The molecule has 3 aromatic carbocycles. The largest absolute Gasteiger partial charge is 0.484 e. The van der Waals surface area contributed by atoms with Gasteiger partial charge in [0, 0.05) is 9.13 Å². The first-order valence-corrected chi connectivity index (χ1v) is 10.2. The summed E-state index contributed by atoms with van der Waals surface area (Å²) < 4.78 is 7.67. The third-order valence-electron chi connectivity index (χ3n) is 5.17. The van der Waals surface area contributed by atoms with Crippen LogP contribution in [0.5, 0.6) is 5.75 Å². The number of ketones is 1. The molecular formula is C24H21IO2. The van der Waals surface area contributed by atoms with Crippen molar-refractivity contribution in [2.45, 2.75) is 33.3 Å². The van der Waals surface area contributed by atoms with Gasteiger partial charge in [-0.05, 0) is 77.7 Å². The summed E-state index contributed by atoms with van der Waals surface area (Å²) in [7, 11) is 0. The highest BCUT2D eigenvalue weighted by atomic mass is 127. The smallest absolute Gasteiger partial charge is 0.170 e. The number of rotatable bonds is 2. The summed E-state index contributed by atoms with van der Waals surface area (Å²) in [5, 5.41) is 0. The molecule has 0 bridgehead atoms. The van der Waals surface area contributed by atoms with Gasteiger partial charge in [-0.15, -0.1) is 0 Å². The van der Waals surface area contributed by atoms with E-state index in [0.717, 1.165) is 39.1 Å². The molecule has 0 aliphatic carbocycles. The van der Waals surface area contributed by atoms with Crippen LogP contribution in [0.1, 0.15) is 45.1 Å². The van der Waals surface area contributed by atoms with Gasteiger partial charge in [-0.25, -0.2) is 0 Å². The molecule has 1 atom stereocenters. The summed E-state index contributed by atoms with van der Waals surface area (Å²) >= 11 is 2.30. The van der Waals surface area contributed by atoms with E-state index >= 15 is 0 Å². The molecule has 0 spiro atoms. The van der Waals surface area contributed by atoms with Crippen LogP contribution in [-0.4, -0.2) is 5.78 Å². The van der Waals surface area contributed by atoms with Crippen LogP contribution in [0.3, 0.4) is 0 Å².